The molecule has 0 spiro atoms. The van der Waals surface area contributed by atoms with Crippen LogP contribution in [-0.4, -0.2) is 32.9 Å². The van der Waals surface area contributed by atoms with E-state index in [-0.39, 0.29) is 11.9 Å². The number of benzene rings is 2. The first-order chi connectivity index (χ1) is 14.1. The standard InChI is InChI=1S/C24H26N4O/c1-15(28(16(2)29)21-9-10-21)17-4-3-5-18(12-17)19-6-11-23-22(13-19)24(26-14-25-23)27-20-7-8-20/h3-6,11-15,20-21H,7-10H2,1-2H3,(H,25,26,27). The smallest absolute Gasteiger partial charge is 0.220 e. The summed E-state index contributed by atoms with van der Waals surface area (Å²) in [5, 5.41) is 4.57. The Morgan fingerprint density at radius 3 is 2.59 bits per heavy atom. The lowest BCUT2D eigenvalue weighted by Crippen LogP contribution is -2.33. The van der Waals surface area contributed by atoms with Crippen LogP contribution < -0.4 is 5.32 Å². The molecule has 2 saturated carbocycles. The van der Waals surface area contributed by atoms with E-state index in [1.165, 1.54) is 18.4 Å². The van der Waals surface area contributed by atoms with Crippen LogP contribution in [0.2, 0.25) is 0 Å². The molecular formula is C24H26N4O. The Hall–Kier alpha value is -2.95. The summed E-state index contributed by atoms with van der Waals surface area (Å²) in [6.07, 6.45) is 6.27. The largest absolute Gasteiger partial charge is 0.367 e. The number of aromatic nitrogens is 2. The Balaban J connectivity index is 1.50. The molecule has 1 aromatic heterocycles. The number of nitrogens with zero attached hydrogens (tertiary/aromatic N) is 3. The number of fused-ring (bicyclic) bond motifs is 1. The van der Waals surface area contributed by atoms with Gasteiger partial charge in [0.2, 0.25) is 5.91 Å². The van der Waals surface area contributed by atoms with Crippen LogP contribution in [-0.2, 0) is 4.79 Å². The average Bonchev–Trinajstić information content (AvgIpc) is 3.64. The molecule has 2 aliphatic carbocycles. The van der Waals surface area contributed by atoms with E-state index in [2.05, 4.69) is 64.7 Å². The van der Waals surface area contributed by atoms with Crippen molar-refractivity contribution in [1.29, 1.82) is 0 Å². The number of anilines is 1. The quantitative estimate of drug-likeness (QED) is 0.652. The van der Waals surface area contributed by atoms with Gasteiger partial charge in [0.05, 0.1) is 11.6 Å². The van der Waals surface area contributed by atoms with Crippen molar-refractivity contribution >= 4 is 22.6 Å². The lowest BCUT2D eigenvalue weighted by molar-refractivity contribution is -0.131. The van der Waals surface area contributed by atoms with Gasteiger partial charge in [-0.25, -0.2) is 9.97 Å². The Kier molecular flexibility index (Phi) is 4.46. The molecule has 2 aliphatic rings. The molecule has 5 nitrogen and oxygen atoms in total. The van der Waals surface area contributed by atoms with E-state index in [1.54, 1.807) is 13.3 Å². The van der Waals surface area contributed by atoms with E-state index in [9.17, 15) is 4.79 Å². The SMILES string of the molecule is CC(=O)N(C1CC1)C(C)c1cccc(-c2ccc3ncnc(NC4CC4)c3c2)c1. The van der Waals surface area contributed by atoms with Gasteiger partial charge in [0, 0.05) is 24.4 Å². The maximum absolute atomic E-state index is 12.2. The molecule has 0 saturated heterocycles. The Morgan fingerprint density at radius 2 is 1.86 bits per heavy atom. The van der Waals surface area contributed by atoms with Gasteiger partial charge in [0.1, 0.15) is 12.1 Å². The molecule has 3 aromatic rings. The third-order valence-electron chi connectivity index (χ3n) is 5.98. The zero-order valence-corrected chi connectivity index (χ0v) is 16.9. The first-order valence-corrected chi connectivity index (χ1v) is 10.5. The maximum atomic E-state index is 12.2. The summed E-state index contributed by atoms with van der Waals surface area (Å²) in [6, 6.07) is 15.9. The zero-order chi connectivity index (χ0) is 20.0. The van der Waals surface area contributed by atoms with Gasteiger partial charge >= 0.3 is 0 Å². The topological polar surface area (TPSA) is 58.1 Å². The van der Waals surface area contributed by atoms with Crippen LogP contribution in [0.25, 0.3) is 22.0 Å². The number of nitrogens with one attached hydrogen (secondary N) is 1. The van der Waals surface area contributed by atoms with Crippen LogP contribution in [0.5, 0.6) is 0 Å². The van der Waals surface area contributed by atoms with Crippen molar-refractivity contribution < 1.29 is 4.79 Å². The molecule has 1 atom stereocenters. The fourth-order valence-corrected chi connectivity index (χ4v) is 4.11. The van der Waals surface area contributed by atoms with Gasteiger partial charge in [0.25, 0.3) is 0 Å². The van der Waals surface area contributed by atoms with Crippen molar-refractivity contribution in [2.24, 2.45) is 0 Å². The Bertz CT molecular complexity index is 1070. The van der Waals surface area contributed by atoms with Gasteiger partial charge < -0.3 is 10.2 Å². The highest BCUT2D eigenvalue weighted by Gasteiger charge is 2.34. The number of hydrogen-bond donors (Lipinski definition) is 1. The van der Waals surface area contributed by atoms with Crippen LogP contribution in [0.3, 0.4) is 0 Å². The zero-order valence-electron chi connectivity index (χ0n) is 16.9. The monoisotopic (exact) mass is 386 g/mol. The van der Waals surface area contributed by atoms with Gasteiger partial charge in [-0.2, -0.15) is 0 Å². The molecule has 29 heavy (non-hydrogen) atoms. The number of hydrogen-bond acceptors (Lipinski definition) is 4. The van der Waals surface area contributed by atoms with E-state index in [4.69, 9.17) is 0 Å². The van der Waals surface area contributed by atoms with Crippen LogP contribution in [0.4, 0.5) is 5.82 Å². The number of rotatable bonds is 6. The molecular weight excluding hydrogens is 360 g/mol. The van der Waals surface area contributed by atoms with Gasteiger partial charge in [0.15, 0.2) is 0 Å². The van der Waals surface area contributed by atoms with E-state index >= 15 is 0 Å². The molecule has 2 aromatic carbocycles. The highest BCUT2D eigenvalue weighted by atomic mass is 16.2. The Labute approximate surface area is 171 Å². The molecule has 148 valence electrons. The summed E-state index contributed by atoms with van der Waals surface area (Å²) >= 11 is 0. The highest BCUT2D eigenvalue weighted by molar-refractivity contribution is 5.92. The minimum Gasteiger partial charge on any atom is -0.367 e. The summed E-state index contributed by atoms with van der Waals surface area (Å²) in [7, 11) is 0. The van der Waals surface area contributed by atoms with Crippen molar-refractivity contribution in [3.8, 4) is 11.1 Å². The predicted molar refractivity (Wildman–Crippen MR) is 116 cm³/mol. The van der Waals surface area contributed by atoms with Crippen LogP contribution in [0.15, 0.2) is 48.8 Å². The first-order valence-electron chi connectivity index (χ1n) is 10.5. The normalized spacial score (nSPS) is 17.2. The van der Waals surface area contributed by atoms with Crippen LogP contribution in [0.1, 0.15) is 51.1 Å². The molecule has 2 fully saturated rings. The van der Waals surface area contributed by atoms with Crippen molar-refractivity contribution in [2.45, 2.75) is 57.7 Å². The summed E-state index contributed by atoms with van der Waals surface area (Å²) in [6.45, 7) is 3.81. The van der Waals surface area contributed by atoms with Crippen molar-refractivity contribution in [3.63, 3.8) is 0 Å². The summed E-state index contributed by atoms with van der Waals surface area (Å²) in [5.41, 5.74) is 4.41. The summed E-state index contributed by atoms with van der Waals surface area (Å²) in [4.78, 5) is 23.1. The van der Waals surface area contributed by atoms with Crippen LogP contribution >= 0.6 is 0 Å². The molecule has 1 unspecified atom stereocenters. The number of carbonyl (C=O) groups excluding carboxylic acids is 1. The third-order valence-corrected chi connectivity index (χ3v) is 5.98. The Morgan fingerprint density at radius 1 is 1.07 bits per heavy atom. The van der Waals surface area contributed by atoms with Gasteiger partial charge in [-0.3, -0.25) is 4.79 Å². The second-order valence-corrected chi connectivity index (χ2v) is 8.33. The molecule has 0 bridgehead atoms. The van der Waals surface area contributed by atoms with E-state index in [0.717, 1.165) is 40.7 Å². The van der Waals surface area contributed by atoms with Gasteiger partial charge in [-0.05, 0) is 67.5 Å². The summed E-state index contributed by atoms with van der Waals surface area (Å²) in [5.74, 6) is 1.07. The molecule has 0 aliphatic heterocycles. The van der Waals surface area contributed by atoms with Gasteiger partial charge in [-0.1, -0.05) is 24.3 Å². The molecule has 5 heteroatoms. The second kappa shape index (κ2) is 7.14. The first kappa shape index (κ1) is 18.1. The fourth-order valence-electron chi connectivity index (χ4n) is 4.11. The van der Waals surface area contributed by atoms with Crippen molar-refractivity contribution in [3.05, 3.63) is 54.4 Å². The summed E-state index contributed by atoms with van der Waals surface area (Å²) < 4.78 is 0. The second-order valence-electron chi connectivity index (χ2n) is 8.33. The van der Waals surface area contributed by atoms with Crippen molar-refractivity contribution in [1.82, 2.24) is 14.9 Å². The molecule has 5 rings (SSSR count). The fraction of sp³-hybridized carbons (Fsp3) is 0.375. The predicted octanol–water partition coefficient (Wildman–Crippen LogP) is 4.94. The average molecular weight is 386 g/mol. The van der Waals surface area contributed by atoms with E-state index in [1.807, 2.05) is 4.90 Å². The number of carbonyl (C=O) groups is 1. The highest BCUT2D eigenvalue weighted by Crippen LogP contribution is 2.36. The lowest BCUT2D eigenvalue weighted by atomic mass is 9.98. The van der Waals surface area contributed by atoms with Crippen molar-refractivity contribution in [2.75, 3.05) is 5.32 Å². The van der Waals surface area contributed by atoms with Crippen LogP contribution in [0, 0.1) is 0 Å². The minimum atomic E-state index is 0.0795. The van der Waals surface area contributed by atoms with E-state index in [0.29, 0.717) is 12.1 Å². The maximum Gasteiger partial charge on any atom is 0.220 e. The lowest BCUT2D eigenvalue weighted by Gasteiger charge is -2.29. The van der Waals surface area contributed by atoms with E-state index < -0.39 is 0 Å². The molecule has 1 N–H and O–H groups in total. The minimum absolute atomic E-state index is 0.0795. The molecule has 1 heterocycles. The molecule has 0 radical (unpaired) electrons. The molecule has 1 amide bonds. The van der Waals surface area contributed by atoms with Gasteiger partial charge in [-0.15, -0.1) is 0 Å². The number of amides is 1. The third kappa shape index (κ3) is 3.69.